The zero-order chi connectivity index (χ0) is 20.7. The third-order valence-corrected chi connectivity index (χ3v) is 5.32. The van der Waals surface area contributed by atoms with Gasteiger partial charge in [0.1, 0.15) is 17.1 Å². The van der Waals surface area contributed by atoms with Gasteiger partial charge in [0.2, 0.25) is 5.95 Å². The van der Waals surface area contributed by atoms with Gasteiger partial charge in [0.05, 0.1) is 4.88 Å². The molecule has 0 saturated heterocycles. The van der Waals surface area contributed by atoms with Gasteiger partial charge in [-0.15, -0.1) is 11.3 Å². The van der Waals surface area contributed by atoms with Gasteiger partial charge in [-0.3, -0.25) is 14.6 Å². The number of H-pyrrole nitrogens is 1. The monoisotopic (exact) mass is 417 g/mol. The number of anilines is 1. The summed E-state index contributed by atoms with van der Waals surface area (Å²) in [5.74, 6) is 0.313. The maximum absolute atomic E-state index is 12.9. The lowest BCUT2D eigenvalue weighted by atomic mass is 10.2. The molecule has 0 aliphatic heterocycles. The minimum absolute atomic E-state index is 0.173. The van der Waals surface area contributed by atoms with Gasteiger partial charge in [0.15, 0.2) is 5.76 Å². The molecule has 8 nitrogen and oxygen atoms in total. The number of amides is 1. The molecule has 5 rings (SSSR count). The molecule has 0 spiro atoms. The Morgan fingerprint density at radius 1 is 1.17 bits per heavy atom. The number of hydrogen-bond acceptors (Lipinski definition) is 6. The molecule has 1 amide bonds. The van der Waals surface area contributed by atoms with E-state index in [-0.39, 0.29) is 17.3 Å². The molecule has 4 heterocycles. The van der Waals surface area contributed by atoms with Crippen molar-refractivity contribution in [2.24, 2.45) is 0 Å². The van der Waals surface area contributed by atoms with Crippen molar-refractivity contribution < 1.29 is 9.21 Å². The Balaban J connectivity index is 1.57. The average Bonchev–Trinajstić information content (AvgIpc) is 3.46. The predicted molar refractivity (Wildman–Crippen MR) is 114 cm³/mol. The first-order chi connectivity index (χ1) is 14.6. The number of nitrogens with zero attached hydrogens (tertiary/aromatic N) is 3. The summed E-state index contributed by atoms with van der Waals surface area (Å²) < 4.78 is 7.06. The molecule has 1 aromatic carbocycles. The number of fused-ring (bicyclic) bond motifs is 1. The molecule has 148 valence electrons. The Morgan fingerprint density at radius 3 is 2.80 bits per heavy atom. The number of carbonyl (C=O) groups excluding carboxylic acids is 1. The van der Waals surface area contributed by atoms with Gasteiger partial charge >= 0.3 is 0 Å². The summed E-state index contributed by atoms with van der Waals surface area (Å²) in [4.78, 5) is 32.7. The van der Waals surface area contributed by atoms with Crippen molar-refractivity contribution in [3.05, 3.63) is 81.8 Å². The summed E-state index contributed by atoms with van der Waals surface area (Å²) in [6.07, 6.45) is 0. The molecular weight excluding hydrogens is 402 g/mol. The van der Waals surface area contributed by atoms with Crippen LogP contribution in [0.1, 0.15) is 16.2 Å². The Bertz CT molecular complexity index is 1400. The highest BCUT2D eigenvalue weighted by Gasteiger charge is 2.19. The lowest BCUT2D eigenvalue weighted by Crippen LogP contribution is -2.18. The molecule has 4 aromatic heterocycles. The largest absolute Gasteiger partial charge is 0.451 e. The second-order valence-electron chi connectivity index (χ2n) is 6.62. The third kappa shape index (κ3) is 3.31. The number of carbonyl (C=O) groups is 1. The molecule has 0 fully saturated rings. The fourth-order valence-corrected chi connectivity index (χ4v) is 3.79. The van der Waals surface area contributed by atoms with Crippen LogP contribution in [0.4, 0.5) is 5.82 Å². The number of aromatic amines is 1. The predicted octanol–water partition coefficient (Wildman–Crippen LogP) is 3.99. The number of furan rings is 1. The number of rotatable bonds is 4. The van der Waals surface area contributed by atoms with Crippen molar-refractivity contribution >= 4 is 34.0 Å². The van der Waals surface area contributed by atoms with Gasteiger partial charge in [0.25, 0.3) is 11.5 Å². The molecular formula is C21H15N5O3S. The molecule has 0 bridgehead atoms. The van der Waals surface area contributed by atoms with Crippen LogP contribution in [0.2, 0.25) is 0 Å². The molecule has 0 saturated carbocycles. The van der Waals surface area contributed by atoms with Crippen LogP contribution >= 0.6 is 11.3 Å². The number of nitrogens with one attached hydrogen (secondary N) is 2. The number of hydrogen-bond donors (Lipinski definition) is 2. The molecule has 9 heteroatoms. The topological polar surface area (TPSA) is 106 Å². The van der Waals surface area contributed by atoms with Crippen LogP contribution in [0.15, 0.2) is 69.2 Å². The number of thiophene rings is 1. The zero-order valence-electron chi connectivity index (χ0n) is 15.7. The number of aryl methyl sites for hydroxylation is 1. The van der Waals surface area contributed by atoms with E-state index in [2.05, 4.69) is 20.4 Å². The molecule has 2 N–H and O–H groups in total. The van der Waals surface area contributed by atoms with E-state index in [0.29, 0.717) is 22.8 Å². The van der Waals surface area contributed by atoms with Crippen LogP contribution in [0, 0.1) is 6.92 Å². The molecule has 0 aliphatic carbocycles. The average molecular weight is 417 g/mol. The van der Waals surface area contributed by atoms with E-state index in [1.165, 1.54) is 22.1 Å². The van der Waals surface area contributed by atoms with Crippen molar-refractivity contribution in [3.8, 4) is 16.5 Å². The maximum atomic E-state index is 12.9. The maximum Gasteiger partial charge on any atom is 0.292 e. The van der Waals surface area contributed by atoms with E-state index in [4.69, 9.17) is 4.42 Å². The van der Waals surface area contributed by atoms with Crippen molar-refractivity contribution in [2.75, 3.05) is 5.32 Å². The van der Waals surface area contributed by atoms with Crippen molar-refractivity contribution in [3.63, 3.8) is 0 Å². The Hall–Kier alpha value is -3.98. The van der Waals surface area contributed by atoms with Gasteiger partial charge in [-0.2, -0.15) is 9.78 Å². The highest BCUT2D eigenvalue weighted by Crippen LogP contribution is 2.28. The second kappa shape index (κ2) is 7.12. The quantitative estimate of drug-likeness (QED) is 0.460. The molecule has 30 heavy (non-hydrogen) atoms. The lowest BCUT2D eigenvalue weighted by molar-refractivity contribution is 0.0998. The summed E-state index contributed by atoms with van der Waals surface area (Å²) in [6, 6.07) is 16.0. The first-order valence-corrected chi connectivity index (χ1v) is 9.97. The number of para-hydroxylation sites is 1. The molecule has 5 aromatic rings. The lowest BCUT2D eigenvalue weighted by Gasteiger charge is -2.07. The molecule has 0 aliphatic rings. The fourth-order valence-electron chi connectivity index (χ4n) is 3.11. The number of benzene rings is 1. The summed E-state index contributed by atoms with van der Waals surface area (Å²) in [5.41, 5.74) is 1.51. The van der Waals surface area contributed by atoms with Gasteiger partial charge in [-0.25, -0.2) is 4.98 Å². The first kappa shape index (κ1) is 18.1. The summed E-state index contributed by atoms with van der Waals surface area (Å²) >= 11 is 1.52. The van der Waals surface area contributed by atoms with Crippen molar-refractivity contribution in [1.29, 1.82) is 0 Å². The summed E-state index contributed by atoms with van der Waals surface area (Å²) in [5, 5.41) is 10.1. The van der Waals surface area contributed by atoms with Crippen LogP contribution in [0.25, 0.3) is 27.5 Å². The van der Waals surface area contributed by atoms with E-state index in [1.807, 2.05) is 35.7 Å². The minimum atomic E-state index is -0.430. The minimum Gasteiger partial charge on any atom is -0.451 e. The van der Waals surface area contributed by atoms with E-state index in [9.17, 15) is 9.59 Å². The zero-order valence-corrected chi connectivity index (χ0v) is 16.6. The SMILES string of the molecule is Cc1cc(=O)[nH]c(-n2nc(-c3cccs3)cc2NC(=O)c2cc3ccccc3o2)n1. The van der Waals surface area contributed by atoms with Crippen molar-refractivity contribution in [2.45, 2.75) is 6.92 Å². The van der Waals surface area contributed by atoms with Crippen LogP contribution in [0.3, 0.4) is 0 Å². The van der Waals surface area contributed by atoms with Crippen LogP contribution < -0.4 is 10.9 Å². The normalized spacial score (nSPS) is 11.1. The van der Waals surface area contributed by atoms with Gasteiger partial charge < -0.3 is 9.73 Å². The standard InChI is InChI=1S/C21H15N5O3S/c1-12-9-19(27)24-21(22-12)26-18(11-14(25-26)17-7-4-8-30-17)23-20(28)16-10-13-5-2-3-6-15(13)29-16/h2-11H,1H3,(H,23,28)(H,22,24,27). The first-order valence-electron chi connectivity index (χ1n) is 9.09. The van der Waals surface area contributed by atoms with Gasteiger partial charge in [-0.1, -0.05) is 24.3 Å². The molecule has 0 radical (unpaired) electrons. The van der Waals surface area contributed by atoms with Crippen LogP contribution in [-0.4, -0.2) is 25.7 Å². The van der Waals surface area contributed by atoms with Crippen LogP contribution in [-0.2, 0) is 0 Å². The van der Waals surface area contributed by atoms with Crippen LogP contribution in [0.5, 0.6) is 0 Å². The molecule has 0 unspecified atom stereocenters. The van der Waals surface area contributed by atoms with E-state index in [1.54, 1.807) is 25.1 Å². The van der Waals surface area contributed by atoms with E-state index in [0.717, 1.165) is 10.3 Å². The summed E-state index contributed by atoms with van der Waals surface area (Å²) in [6.45, 7) is 1.72. The number of aromatic nitrogens is 4. The smallest absolute Gasteiger partial charge is 0.292 e. The van der Waals surface area contributed by atoms with Crippen molar-refractivity contribution in [1.82, 2.24) is 19.7 Å². The van der Waals surface area contributed by atoms with Gasteiger partial charge in [0, 0.05) is 23.2 Å². The summed E-state index contributed by atoms with van der Waals surface area (Å²) in [7, 11) is 0. The Labute approximate surface area is 173 Å². The molecule has 0 atom stereocenters. The second-order valence-corrected chi connectivity index (χ2v) is 7.56. The fraction of sp³-hybridized carbons (Fsp3) is 0.0476. The third-order valence-electron chi connectivity index (χ3n) is 4.43. The van der Waals surface area contributed by atoms with E-state index < -0.39 is 5.91 Å². The Morgan fingerprint density at radius 2 is 2.03 bits per heavy atom. The van der Waals surface area contributed by atoms with E-state index >= 15 is 0 Å². The Kier molecular flexibility index (Phi) is 4.29. The van der Waals surface area contributed by atoms with Gasteiger partial charge in [-0.05, 0) is 30.5 Å². The highest BCUT2D eigenvalue weighted by molar-refractivity contribution is 7.13. The highest BCUT2D eigenvalue weighted by atomic mass is 32.1.